The van der Waals surface area contributed by atoms with Gasteiger partial charge >= 0.3 is 0 Å². The van der Waals surface area contributed by atoms with Crippen LogP contribution in [0.3, 0.4) is 0 Å². The second-order valence-corrected chi connectivity index (χ2v) is 9.21. The minimum absolute atomic E-state index is 0.133. The quantitative estimate of drug-likeness (QED) is 0.540. The average molecular weight is 482 g/mol. The fourth-order valence-corrected chi connectivity index (χ4v) is 4.58. The molecule has 2 unspecified atom stereocenters. The van der Waals surface area contributed by atoms with Crippen LogP contribution >= 0.6 is 11.6 Å². The van der Waals surface area contributed by atoms with Gasteiger partial charge in [-0.3, -0.25) is 9.59 Å². The number of nitrogens with two attached hydrogens (primary N) is 1. The Morgan fingerprint density at radius 3 is 2.58 bits per heavy atom. The molecule has 184 valence electrons. The van der Waals surface area contributed by atoms with Gasteiger partial charge in [-0.2, -0.15) is 0 Å². The van der Waals surface area contributed by atoms with Gasteiger partial charge in [-0.1, -0.05) is 11.6 Å². The van der Waals surface area contributed by atoms with Crippen LogP contribution in [0.1, 0.15) is 29.6 Å². The third kappa shape index (κ3) is 6.72. The highest BCUT2D eigenvalue weighted by atomic mass is 35.5. The molecular weight excluding hydrogens is 446 g/mol. The Labute approximate surface area is 201 Å². The number of rotatable bonds is 8. The molecule has 2 saturated heterocycles. The molecule has 3 N–H and O–H groups in total. The van der Waals surface area contributed by atoms with Crippen LogP contribution in [0, 0.1) is 0 Å². The van der Waals surface area contributed by atoms with Crippen molar-refractivity contribution in [1.82, 2.24) is 20.0 Å². The first kappa shape index (κ1) is 25.6. The number of ether oxygens (including phenoxy) is 2. The molecular formula is C23H36ClN5O4. The summed E-state index contributed by atoms with van der Waals surface area (Å²) in [5.74, 6) is 0.350. The summed E-state index contributed by atoms with van der Waals surface area (Å²) in [7, 11) is 5.23. The number of nitrogen functional groups attached to an aromatic ring is 1. The van der Waals surface area contributed by atoms with Gasteiger partial charge in [-0.25, -0.2) is 0 Å². The Hall–Kier alpha value is -2.07. The van der Waals surface area contributed by atoms with Gasteiger partial charge in [0.05, 0.1) is 35.5 Å². The maximum atomic E-state index is 12.9. The van der Waals surface area contributed by atoms with E-state index >= 15 is 0 Å². The van der Waals surface area contributed by atoms with Crippen LogP contribution in [0.4, 0.5) is 5.69 Å². The highest BCUT2D eigenvalue weighted by molar-refractivity contribution is 6.33. The van der Waals surface area contributed by atoms with Gasteiger partial charge in [0.1, 0.15) is 5.75 Å². The van der Waals surface area contributed by atoms with Gasteiger partial charge in [-0.15, -0.1) is 0 Å². The second kappa shape index (κ2) is 11.9. The molecule has 1 aromatic rings. The largest absolute Gasteiger partial charge is 0.496 e. The van der Waals surface area contributed by atoms with E-state index in [2.05, 4.69) is 22.2 Å². The lowest BCUT2D eigenvalue weighted by atomic mass is 10.0. The van der Waals surface area contributed by atoms with E-state index in [4.69, 9.17) is 26.8 Å². The lowest BCUT2D eigenvalue weighted by molar-refractivity contribution is -0.133. The van der Waals surface area contributed by atoms with Crippen molar-refractivity contribution in [3.8, 4) is 5.75 Å². The molecule has 2 aliphatic heterocycles. The number of methoxy groups -OCH3 is 2. The molecule has 10 heteroatoms. The van der Waals surface area contributed by atoms with Crippen molar-refractivity contribution in [2.75, 3.05) is 72.8 Å². The van der Waals surface area contributed by atoms with Crippen molar-refractivity contribution in [2.24, 2.45) is 0 Å². The van der Waals surface area contributed by atoms with Gasteiger partial charge in [-0.05, 0) is 32.5 Å². The van der Waals surface area contributed by atoms with Crippen molar-refractivity contribution in [3.63, 3.8) is 0 Å². The number of anilines is 1. The Morgan fingerprint density at radius 1 is 1.18 bits per heavy atom. The minimum atomic E-state index is -0.271. The molecule has 3 rings (SSSR count). The van der Waals surface area contributed by atoms with Gasteiger partial charge < -0.3 is 35.2 Å². The molecule has 0 aliphatic carbocycles. The lowest BCUT2D eigenvalue weighted by Crippen LogP contribution is -2.55. The number of hydrogen-bond donors (Lipinski definition) is 2. The van der Waals surface area contributed by atoms with Crippen LogP contribution < -0.4 is 15.8 Å². The molecule has 2 atom stereocenters. The van der Waals surface area contributed by atoms with Gasteiger partial charge in [0, 0.05) is 58.9 Å². The zero-order chi connectivity index (χ0) is 24.0. The van der Waals surface area contributed by atoms with Crippen LogP contribution in [0.15, 0.2) is 12.1 Å². The Morgan fingerprint density at radius 2 is 1.91 bits per heavy atom. The topological polar surface area (TPSA) is 100 Å². The number of benzene rings is 1. The highest BCUT2D eigenvalue weighted by Crippen LogP contribution is 2.29. The normalized spacial score (nSPS) is 22.2. The maximum absolute atomic E-state index is 12.9. The number of hydrogen-bond acceptors (Lipinski definition) is 7. The number of nitrogens with zero attached hydrogens (tertiary/aromatic N) is 3. The number of likely N-dealkylation sites (N-methyl/N-ethyl adjacent to an activating group) is 1. The van der Waals surface area contributed by atoms with Crippen molar-refractivity contribution in [3.05, 3.63) is 22.7 Å². The van der Waals surface area contributed by atoms with E-state index in [9.17, 15) is 9.59 Å². The van der Waals surface area contributed by atoms with Gasteiger partial charge in [0.25, 0.3) is 5.91 Å². The molecule has 2 aliphatic rings. The van der Waals surface area contributed by atoms with Gasteiger partial charge in [0.15, 0.2) is 0 Å². The maximum Gasteiger partial charge on any atom is 0.255 e. The summed E-state index contributed by atoms with van der Waals surface area (Å²) >= 11 is 6.11. The summed E-state index contributed by atoms with van der Waals surface area (Å²) in [5, 5.41) is 3.37. The molecule has 0 spiro atoms. The number of likely N-dealkylation sites (tertiary alicyclic amines) is 1. The van der Waals surface area contributed by atoms with Crippen LogP contribution in [0.5, 0.6) is 5.75 Å². The van der Waals surface area contributed by atoms with Gasteiger partial charge in [0.2, 0.25) is 5.91 Å². The van der Waals surface area contributed by atoms with Crippen LogP contribution in [0.2, 0.25) is 5.02 Å². The fraction of sp³-hybridized carbons (Fsp3) is 0.652. The predicted octanol–water partition coefficient (Wildman–Crippen LogP) is 1.30. The number of nitrogens with one attached hydrogen (secondary N) is 1. The molecule has 33 heavy (non-hydrogen) atoms. The van der Waals surface area contributed by atoms with E-state index in [-0.39, 0.29) is 24.0 Å². The highest BCUT2D eigenvalue weighted by Gasteiger charge is 2.31. The van der Waals surface area contributed by atoms with E-state index in [1.54, 1.807) is 13.2 Å². The molecule has 0 saturated carbocycles. The van der Waals surface area contributed by atoms with E-state index in [1.807, 2.05) is 4.90 Å². The van der Waals surface area contributed by atoms with Crippen LogP contribution in [-0.4, -0.2) is 106 Å². The Bertz CT molecular complexity index is 831. The number of piperazine rings is 1. The van der Waals surface area contributed by atoms with E-state index in [0.29, 0.717) is 35.0 Å². The third-order valence-electron chi connectivity index (χ3n) is 6.55. The number of carbonyl (C=O) groups excluding carboxylic acids is 2. The predicted molar refractivity (Wildman–Crippen MR) is 129 cm³/mol. The minimum Gasteiger partial charge on any atom is -0.496 e. The Balaban J connectivity index is 1.48. The molecule has 2 heterocycles. The lowest BCUT2D eigenvalue weighted by Gasteiger charge is -2.38. The first-order valence-electron chi connectivity index (χ1n) is 11.5. The first-order chi connectivity index (χ1) is 15.8. The molecule has 2 fully saturated rings. The van der Waals surface area contributed by atoms with Crippen LogP contribution in [-0.2, 0) is 9.53 Å². The average Bonchev–Trinajstić information content (AvgIpc) is 2.81. The van der Waals surface area contributed by atoms with E-state index < -0.39 is 0 Å². The monoisotopic (exact) mass is 481 g/mol. The fourth-order valence-electron chi connectivity index (χ4n) is 4.42. The van der Waals surface area contributed by atoms with Crippen molar-refractivity contribution < 1.29 is 19.1 Å². The summed E-state index contributed by atoms with van der Waals surface area (Å²) in [6.07, 6.45) is 1.99. The zero-order valence-electron chi connectivity index (χ0n) is 19.8. The number of piperidine rings is 1. The molecule has 0 bridgehead atoms. The summed E-state index contributed by atoms with van der Waals surface area (Å²) in [6.45, 7) is 5.87. The summed E-state index contributed by atoms with van der Waals surface area (Å²) in [5.41, 5.74) is 6.52. The second-order valence-electron chi connectivity index (χ2n) is 8.81. The molecule has 9 nitrogen and oxygen atoms in total. The van der Waals surface area contributed by atoms with E-state index in [1.165, 1.54) is 13.2 Å². The molecule has 0 aromatic heterocycles. The molecule has 0 radical (unpaired) electrons. The number of amides is 2. The zero-order valence-corrected chi connectivity index (χ0v) is 20.6. The summed E-state index contributed by atoms with van der Waals surface area (Å²) in [6, 6.07) is 2.95. The first-order valence-corrected chi connectivity index (χ1v) is 11.9. The summed E-state index contributed by atoms with van der Waals surface area (Å²) in [4.78, 5) is 31.9. The Kier molecular flexibility index (Phi) is 9.19. The third-order valence-corrected chi connectivity index (χ3v) is 6.87. The van der Waals surface area contributed by atoms with Crippen molar-refractivity contribution in [2.45, 2.75) is 31.4 Å². The van der Waals surface area contributed by atoms with Crippen molar-refractivity contribution >= 4 is 29.1 Å². The SMILES string of the molecule is COc1cc(N)c(Cl)cc1C(=O)NC1CCN(CCCC(=O)N2CCN(C)CC2)CC1OC. The van der Waals surface area contributed by atoms with E-state index in [0.717, 1.165) is 52.1 Å². The van der Waals surface area contributed by atoms with Crippen LogP contribution in [0.25, 0.3) is 0 Å². The molecule has 2 amide bonds. The number of carbonyl (C=O) groups is 2. The van der Waals surface area contributed by atoms with Crippen molar-refractivity contribution in [1.29, 1.82) is 0 Å². The smallest absolute Gasteiger partial charge is 0.255 e. The summed E-state index contributed by atoms with van der Waals surface area (Å²) < 4.78 is 11.0. The number of halogens is 1. The standard InChI is InChI=1S/C23H36ClN5O4/c1-27-9-11-29(12-10-27)22(30)5-4-7-28-8-6-19(21(15-28)33-3)26-23(31)16-13-17(24)18(25)14-20(16)32-2/h13-14,19,21H,4-12,15,25H2,1-3H3,(H,26,31). The molecule has 1 aromatic carbocycles.